The summed E-state index contributed by atoms with van der Waals surface area (Å²) in [7, 11) is 0. The Morgan fingerprint density at radius 3 is 2.59 bits per heavy atom. The number of nitrogens with zero attached hydrogens (tertiary/aromatic N) is 1. The van der Waals surface area contributed by atoms with E-state index in [2.05, 4.69) is 11.6 Å². The Labute approximate surface area is 171 Å². The molecular formula is C22H18ClF2NO3. The molecule has 1 heterocycles. The highest BCUT2D eigenvalue weighted by Crippen LogP contribution is 2.32. The lowest BCUT2D eigenvalue weighted by Gasteiger charge is -2.13. The van der Waals surface area contributed by atoms with Crippen molar-refractivity contribution >= 4 is 17.4 Å². The van der Waals surface area contributed by atoms with Crippen LogP contribution < -0.4 is 4.74 Å². The van der Waals surface area contributed by atoms with Crippen molar-refractivity contribution in [3.05, 3.63) is 82.9 Å². The summed E-state index contributed by atoms with van der Waals surface area (Å²) in [6.07, 6.45) is 1.31. The van der Waals surface area contributed by atoms with Crippen molar-refractivity contribution < 1.29 is 22.7 Å². The van der Waals surface area contributed by atoms with E-state index in [1.807, 2.05) is 0 Å². The average Bonchev–Trinajstić information content (AvgIpc) is 3.09. The third kappa shape index (κ3) is 4.38. The Hall–Kier alpha value is -2.99. The molecule has 1 unspecified atom stereocenters. The van der Waals surface area contributed by atoms with Crippen LogP contribution in [0.1, 0.15) is 42.0 Å². The van der Waals surface area contributed by atoms with Gasteiger partial charge in [-0.2, -0.15) is 0 Å². The van der Waals surface area contributed by atoms with Crippen molar-refractivity contribution in [2.45, 2.75) is 26.4 Å². The summed E-state index contributed by atoms with van der Waals surface area (Å²) in [5.41, 5.74) is 0.743. The fourth-order valence-corrected chi connectivity index (χ4v) is 2.96. The van der Waals surface area contributed by atoms with E-state index < -0.39 is 29.1 Å². The number of Topliss-reactive ketones (excluding diaryl/α,β-unsaturated/α-hetero) is 1. The molecule has 0 bridgehead atoms. The number of rotatable bonds is 7. The van der Waals surface area contributed by atoms with Crippen LogP contribution in [0.5, 0.6) is 5.75 Å². The number of ketones is 1. The first-order chi connectivity index (χ1) is 13.8. The maximum atomic E-state index is 14.5. The number of oxazole rings is 1. The van der Waals surface area contributed by atoms with Gasteiger partial charge in [0.05, 0.1) is 5.56 Å². The van der Waals surface area contributed by atoms with Gasteiger partial charge in [0.25, 0.3) is 0 Å². The summed E-state index contributed by atoms with van der Waals surface area (Å²) >= 11 is 5.94. The zero-order valence-electron chi connectivity index (χ0n) is 15.8. The Morgan fingerprint density at radius 2 is 1.97 bits per heavy atom. The summed E-state index contributed by atoms with van der Waals surface area (Å²) in [5.74, 6) is -2.21. The molecular weight excluding hydrogens is 400 g/mol. The second-order valence-electron chi connectivity index (χ2n) is 6.37. The minimum atomic E-state index is -1.06. The van der Waals surface area contributed by atoms with Crippen LogP contribution in [-0.4, -0.2) is 10.8 Å². The first-order valence-corrected chi connectivity index (χ1v) is 9.21. The van der Waals surface area contributed by atoms with Gasteiger partial charge in [0.2, 0.25) is 5.89 Å². The van der Waals surface area contributed by atoms with Crippen LogP contribution in [0.25, 0.3) is 11.3 Å². The Morgan fingerprint density at radius 1 is 1.28 bits per heavy atom. The number of ether oxygens (including phenoxy) is 1. The van der Waals surface area contributed by atoms with Gasteiger partial charge in [-0.25, -0.2) is 13.8 Å². The zero-order chi connectivity index (χ0) is 21.1. The molecule has 0 aliphatic carbocycles. The molecule has 0 saturated carbocycles. The van der Waals surface area contributed by atoms with Crippen LogP contribution in [-0.2, 0) is 6.42 Å². The van der Waals surface area contributed by atoms with E-state index in [1.54, 1.807) is 37.3 Å². The van der Waals surface area contributed by atoms with E-state index in [4.69, 9.17) is 20.8 Å². The van der Waals surface area contributed by atoms with Crippen molar-refractivity contribution in [1.82, 2.24) is 4.98 Å². The number of allylic oxidation sites excluding steroid dienone is 1. The van der Waals surface area contributed by atoms with Crippen LogP contribution in [0, 0.1) is 11.6 Å². The summed E-state index contributed by atoms with van der Waals surface area (Å²) in [5, 5.41) is 0.590. The molecule has 150 valence electrons. The Kier molecular flexibility index (Phi) is 6.13. The van der Waals surface area contributed by atoms with Gasteiger partial charge in [-0.05, 0) is 38.1 Å². The van der Waals surface area contributed by atoms with Gasteiger partial charge in [0, 0.05) is 17.0 Å². The Balaban J connectivity index is 1.94. The first-order valence-electron chi connectivity index (χ1n) is 8.83. The van der Waals surface area contributed by atoms with Gasteiger partial charge in [0.15, 0.2) is 23.5 Å². The van der Waals surface area contributed by atoms with Gasteiger partial charge in [-0.1, -0.05) is 29.8 Å². The molecule has 7 heteroatoms. The molecule has 1 aromatic heterocycles. The molecule has 0 spiro atoms. The molecule has 4 nitrogen and oxygen atoms in total. The average molecular weight is 418 g/mol. The van der Waals surface area contributed by atoms with Crippen LogP contribution in [0.3, 0.4) is 0 Å². The van der Waals surface area contributed by atoms with Gasteiger partial charge in [0.1, 0.15) is 17.3 Å². The van der Waals surface area contributed by atoms with Crippen LogP contribution in [0.15, 0.2) is 53.5 Å². The minimum Gasteiger partial charge on any atom is -0.478 e. The number of carbonyl (C=O) groups excluding carboxylic acids is 1. The van der Waals surface area contributed by atoms with E-state index in [-0.39, 0.29) is 11.6 Å². The maximum Gasteiger partial charge on any atom is 0.236 e. The van der Waals surface area contributed by atoms with E-state index >= 15 is 0 Å². The van der Waals surface area contributed by atoms with Crippen molar-refractivity contribution in [2.24, 2.45) is 0 Å². The minimum absolute atomic E-state index is 0.208. The smallest absolute Gasteiger partial charge is 0.236 e. The molecule has 0 aliphatic heterocycles. The third-order valence-corrected chi connectivity index (χ3v) is 4.47. The number of hydrogen-bond donors (Lipinski definition) is 0. The summed E-state index contributed by atoms with van der Waals surface area (Å²) in [4.78, 5) is 16.0. The first kappa shape index (κ1) is 20.7. The highest BCUT2D eigenvalue weighted by molar-refractivity contribution is 6.30. The normalized spacial score (nSPS) is 11.9. The zero-order valence-corrected chi connectivity index (χ0v) is 16.6. The van der Waals surface area contributed by atoms with Gasteiger partial charge >= 0.3 is 0 Å². The topological polar surface area (TPSA) is 52.3 Å². The molecule has 3 rings (SSSR count). The number of halogens is 3. The van der Waals surface area contributed by atoms with Crippen LogP contribution in [0.4, 0.5) is 8.78 Å². The van der Waals surface area contributed by atoms with Crippen molar-refractivity contribution in [3.63, 3.8) is 0 Å². The third-order valence-electron chi connectivity index (χ3n) is 4.22. The summed E-state index contributed by atoms with van der Waals surface area (Å²) in [6, 6.07) is 9.20. The fraction of sp³-hybridized carbons (Fsp3) is 0.182. The van der Waals surface area contributed by atoms with E-state index in [0.717, 1.165) is 24.6 Å². The standard InChI is InChI=1S/C22H18ClF2NO3/c1-4-5-18-21(14-6-8-15(23)9-7-14)26-22(29-18)13(3)28-17-11-10-16(24)19(12(2)27)20(17)25/h4,6-11,13H,1,5H2,2-3H3. The lowest BCUT2D eigenvalue weighted by Crippen LogP contribution is -2.08. The van der Waals surface area contributed by atoms with Crippen LogP contribution in [0.2, 0.25) is 5.02 Å². The van der Waals surface area contributed by atoms with Crippen molar-refractivity contribution in [1.29, 1.82) is 0 Å². The maximum absolute atomic E-state index is 14.5. The highest BCUT2D eigenvalue weighted by atomic mass is 35.5. The lowest BCUT2D eigenvalue weighted by molar-refractivity contribution is 0.100. The molecule has 29 heavy (non-hydrogen) atoms. The quantitative estimate of drug-likeness (QED) is 0.332. The summed E-state index contributed by atoms with van der Waals surface area (Å²) in [6.45, 7) is 6.42. The molecule has 0 amide bonds. The van der Waals surface area contributed by atoms with E-state index in [0.29, 0.717) is 22.9 Å². The van der Waals surface area contributed by atoms with Crippen molar-refractivity contribution in [3.8, 4) is 17.0 Å². The molecule has 0 radical (unpaired) electrons. The number of aromatic nitrogens is 1. The van der Waals surface area contributed by atoms with Gasteiger partial charge in [-0.15, -0.1) is 6.58 Å². The SMILES string of the molecule is C=CCc1oc(C(C)Oc2ccc(F)c(C(C)=O)c2F)nc1-c1ccc(Cl)cc1. The Bertz CT molecular complexity index is 1060. The van der Waals surface area contributed by atoms with E-state index in [9.17, 15) is 13.6 Å². The monoisotopic (exact) mass is 417 g/mol. The second-order valence-corrected chi connectivity index (χ2v) is 6.81. The lowest BCUT2D eigenvalue weighted by atomic mass is 10.1. The van der Waals surface area contributed by atoms with E-state index in [1.165, 1.54) is 0 Å². The number of hydrogen-bond acceptors (Lipinski definition) is 4. The summed E-state index contributed by atoms with van der Waals surface area (Å²) < 4.78 is 39.6. The predicted octanol–water partition coefficient (Wildman–Crippen LogP) is 6.34. The van der Waals surface area contributed by atoms with Crippen molar-refractivity contribution in [2.75, 3.05) is 0 Å². The molecule has 0 saturated heterocycles. The van der Waals surface area contributed by atoms with Crippen LogP contribution >= 0.6 is 11.6 Å². The van der Waals surface area contributed by atoms with Gasteiger partial charge < -0.3 is 9.15 Å². The number of benzene rings is 2. The molecule has 0 aliphatic rings. The molecule has 0 fully saturated rings. The predicted molar refractivity (Wildman–Crippen MR) is 106 cm³/mol. The molecule has 2 aromatic carbocycles. The molecule has 0 N–H and O–H groups in total. The molecule has 1 atom stereocenters. The molecule has 3 aromatic rings. The van der Waals surface area contributed by atoms with Gasteiger partial charge in [-0.3, -0.25) is 4.79 Å². The number of carbonyl (C=O) groups is 1. The highest BCUT2D eigenvalue weighted by Gasteiger charge is 2.23. The fourth-order valence-electron chi connectivity index (χ4n) is 2.83. The second kappa shape index (κ2) is 8.57. The largest absolute Gasteiger partial charge is 0.478 e.